The lowest BCUT2D eigenvalue weighted by Gasteiger charge is -2.11. The fourth-order valence-corrected chi connectivity index (χ4v) is 4.77. The van der Waals surface area contributed by atoms with Gasteiger partial charge in [-0.15, -0.1) is 25.2 Å². The lowest BCUT2D eigenvalue weighted by Crippen LogP contribution is -2.14. The van der Waals surface area contributed by atoms with Gasteiger partial charge in [0.2, 0.25) is 0 Å². The largest absolute Gasteiger partial charge is 0.423 e. The standard InChI is InChI=1S/C34H24N6O4/c1-21-14-17-32(31(18-21)40-37-28-12-5-6-13-29(28)38-40)44-34(42)24-9-7-8-23(19-24)33(41)43-25-16-15-22(2)30(20-25)39-35-26-10-3-4-11-27(26)36-39/h3-20H,1-2H3. The molecular weight excluding hydrogens is 556 g/mol. The van der Waals surface area contributed by atoms with Gasteiger partial charge in [0.05, 0.1) is 16.8 Å². The smallest absolute Gasteiger partial charge is 0.343 e. The molecule has 0 aliphatic heterocycles. The maximum atomic E-state index is 13.3. The van der Waals surface area contributed by atoms with Crippen molar-refractivity contribution in [3.8, 4) is 22.9 Å². The molecule has 44 heavy (non-hydrogen) atoms. The van der Waals surface area contributed by atoms with Crippen molar-refractivity contribution in [1.29, 1.82) is 0 Å². The molecule has 0 saturated heterocycles. The first-order valence-corrected chi connectivity index (χ1v) is 13.8. The predicted octanol–water partition coefficient (Wildman–Crippen LogP) is 6.21. The molecule has 0 aliphatic rings. The van der Waals surface area contributed by atoms with Gasteiger partial charge in [0.15, 0.2) is 5.75 Å². The van der Waals surface area contributed by atoms with Crippen LogP contribution < -0.4 is 9.47 Å². The van der Waals surface area contributed by atoms with Gasteiger partial charge < -0.3 is 9.47 Å². The molecule has 10 heteroatoms. The predicted molar refractivity (Wildman–Crippen MR) is 164 cm³/mol. The number of rotatable bonds is 6. The Kier molecular flexibility index (Phi) is 6.63. The van der Waals surface area contributed by atoms with Gasteiger partial charge in [0.25, 0.3) is 0 Å². The van der Waals surface area contributed by atoms with Crippen LogP contribution in [0.15, 0.2) is 109 Å². The molecule has 7 rings (SSSR count). The zero-order chi connectivity index (χ0) is 30.2. The Hall–Kier alpha value is -6.16. The van der Waals surface area contributed by atoms with Crippen LogP contribution in [0.2, 0.25) is 0 Å². The summed E-state index contributed by atoms with van der Waals surface area (Å²) in [6, 6.07) is 31.8. The normalized spacial score (nSPS) is 11.1. The van der Waals surface area contributed by atoms with Crippen molar-refractivity contribution in [2.45, 2.75) is 13.8 Å². The molecule has 0 radical (unpaired) electrons. The molecule has 0 aliphatic carbocycles. The number of carbonyl (C=O) groups is 2. The summed E-state index contributed by atoms with van der Waals surface area (Å²) in [7, 11) is 0. The molecule has 7 aromatic rings. The Morgan fingerprint density at radius 1 is 0.545 bits per heavy atom. The number of esters is 2. The number of fused-ring (bicyclic) bond motifs is 2. The van der Waals surface area contributed by atoms with E-state index in [4.69, 9.17) is 9.47 Å². The van der Waals surface area contributed by atoms with Gasteiger partial charge in [0, 0.05) is 6.07 Å². The van der Waals surface area contributed by atoms with Crippen LogP contribution in [-0.4, -0.2) is 41.9 Å². The van der Waals surface area contributed by atoms with Crippen molar-refractivity contribution in [1.82, 2.24) is 30.0 Å². The molecule has 2 heterocycles. The van der Waals surface area contributed by atoms with Crippen LogP contribution in [-0.2, 0) is 0 Å². The lowest BCUT2D eigenvalue weighted by atomic mass is 10.1. The van der Waals surface area contributed by atoms with Crippen molar-refractivity contribution < 1.29 is 19.1 Å². The summed E-state index contributed by atoms with van der Waals surface area (Å²) in [5, 5.41) is 18.1. The second-order valence-corrected chi connectivity index (χ2v) is 10.2. The number of ether oxygens (including phenoxy) is 2. The Morgan fingerprint density at radius 2 is 1.09 bits per heavy atom. The summed E-state index contributed by atoms with van der Waals surface area (Å²) in [6.45, 7) is 3.85. The fraction of sp³-hybridized carbons (Fsp3) is 0.0588. The average Bonchev–Trinajstić information content (AvgIpc) is 3.67. The van der Waals surface area contributed by atoms with Crippen LogP contribution >= 0.6 is 0 Å². The van der Waals surface area contributed by atoms with Crippen molar-refractivity contribution in [3.63, 3.8) is 0 Å². The van der Waals surface area contributed by atoms with Gasteiger partial charge in [-0.25, -0.2) is 9.59 Å². The topological polar surface area (TPSA) is 114 Å². The number of nitrogens with zero attached hydrogens (tertiary/aromatic N) is 6. The summed E-state index contributed by atoms with van der Waals surface area (Å²) >= 11 is 0. The van der Waals surface area contributed by atoms with E-state index >= 15 is 0 Å². The second-order valence-electron chi connectivity index (χ2n) is 10.2. The van der Waals surface area contributed by atoms with Crippen LogP contribution in [0.5, 0.6) is 11.5 Å². The van der Waals surface area contributed by atoms with Crippen LogP contribution in [0.3, 0.4) is 0 Å². The third-order valence-corrected chi connectivity index (χ3v) is 7.05. The lowest BCUT2D eigenvalue weighted by molar-refractivity contribution is 0.0734. The quantitative estimate of drug-likeness (QED) is 0.169. The molecule has 0 unspecified atom stereocenters. The molecule has 0 bridgehead atoms. The minimum absolute atomic E-state index is 0.182. The van der Waals surface area contributed by atoms with E-state index in [1.165, 1.54) is 15.7 Å². The Balaban J connectivity index is 1.11. The number of carbonyl (C=O) groups excluding carboxylic acids is 2. The summed E-state index contributed by atoms with van der Waals surface area (Å²) < 4.78 is 11.5. The number of hydrogen-bond donors (Lipinski definition) is 0. The second kappa shape index (κ2) is 10.9. The van der Waals surface area contributed by atoms with E-state index in [0.717, 1.165) is 22.2 Å². The van der Waals surface area contributed by atoms with Gasteiger partial charge in [0.1, 0.15) is 33.5 Å². The molecule has 5 aromatic carbocycles. The molecule has 10 nitrogen and oxygen atoms in total. The zero-order valence-corrected chi connectivity index (χ0v) is 23.7. The van der Waals surface area contributed by atoms with Crippen LogP contribution in [0.1, 0.15) is 31.8 Å². The van der Waals surface area contributed by atoms with Crippen molar-refractivity contribution in [2.75, 3.05) is 0 Å². The first-order valence-electron chi connectivity index (χ1n) is 13.8. The van der Waals surface area contributed by atoms with E-state index in [-0.39, 0.29) is 16.9 Å². The van der Waals surface area contributed by atoms with Crippen LogP contribution in [0.4, 0.5) is 0 Å². The molecule has 214 valence electrons. The maximum absolute atomic E-state index is 13.3. The van der Waals surface area contributed by atoms with Crippen molar-refractivity contribution in [2.24, 2.45) is 0 Å². The first kappa shape index (κ1) is 26.7. The molecule has 0 N–H and O–H groups in total. The Bertz CT molecular complexity index is 2150. The van der Waals surface area contributed by atoms with E-state index in [9.17, 15) is 9.59 Å². The van der Waals surface area contributed by atoms with Crippen molar-refractivity contribution >= 4 is 34.0 Å². The van der Waals surface area contributed by atoms with Gasteiger partial charge >= 0.3 is 11.9 Å². The number of aryl methyl sites for hydroxylation is 2. The highest BCUT2D eigenvalue weighted by Crippen LogP contribution is 2.26. The van der Waals surface area contributed by atoms with E-state index < -0.39 is 11.9 Å². The van der Waals surface area contributed by atoms with Crippen LogP contribution in [0.25, 0.3) is 33.4 Å². The van der Waals surface area contributed by atoms with Gasteiger partial charge in [-0.3, -0.25) is 0 Å². The van der Waals surface area contributed by atoms with Crippen molar-refractivity contribution in [3.05, 3.63) is 131 Å². The highest BCUT2D eigenvalue weighted by Gasteiger charge is 2.18. The monoisotopic (exact) mass is 580 g/mol. The van der Waals surface area contributed by atoms with Gasteiger partial charge in [-0.2, -0.15) is 4.80 Å². The Labute approximate surface area is 251 Å². The van der Waals surface area contributed by atoms with E-state index in [1.807, 2.05) is 80.6 Å². The maximum Gasteiger partial charge on any atom is 0.343 e. The van der Waals surface area contributed by atoms with Crippen LogP contribution in [0, 0.1) is 13.8 Å². The van der Waals surface area contributed by atoms with E-state index in [2.05, 4.69) is 20.4 Å². The summed E-state index contributed by atoms with van der Waals surface area (Å²) in [4.78, 5) is 29.4. The summed E-state index contributed by atoms with van der Waals surface area (Å²) in [6.07, 6.45) is 0. The van der Waals surface area contributed by atoms with Gasteiger partial charge in [-0.1, -0.05) is 42.5 Å². The molecule has 2 aromatic heterocycles. The minimum atomic E-state index is -0.643. The molecule has 0 saturated carbocycles. The van der Waals surface area contributed by atoms with E-state index in [0.29, 0.717) is 28.2 Å². The fourth-order valence-electron chi connectivity index (χ4n) is 4.77. The molecule has 0 amide bonds. The first-order chi connectivity index (χ1) is 21.4. The minimum Gasteiger partial charge on any atom is -0.423 e. The third-order valence-electron chi connectivity index (χ3n) is 7.05. The summed E-state index contributed by atoms with van der Waals surface area (Å²) in [5.74, 6) is -0.679. The average molecular weight is 581 g/mol. The number of hydrogen-bond acceptors (Lipinski definition) is 8. The third kappa shape index (κ3) is 5.16. The zero-order valence-electron chi connectivity index (χ0n) is 23.7. The van der Waals surface area contributed by atoms with Gasteiger partial charge in [-0.05, 0) is 85.6 Å². The van der Waals surface area contributed by atoms with E-state index in [1.54, 1.807) is 36.4 Å². The highest BCUT2D eigenvalue weighted by molar-refractivity contribution is 5.97. The molecule has 0 atom stereocenters. The Morgan fingerprint density at radius 3 is 1.68 bits per heavy atom. The molecular formula is C34H24N6O4. The summed E-state index contributed by atoms with van der Waals surface area (Å²) in [5.41, 5.74) is 6.35. The SMILES string of the molecule is Cc1ccc(OC(=O)c2cccc(C(=O)Oc3ccc(C)c(-n4nc5ccccc5n4)c3)c2)c(-n2nc3ccccc3n2)c1. The number of benzene rings is 5. The highest BCUT2D eigenvalue weighted by atomic mass is 16.5. The molecule has 0 spiro atoms. The molecule has 0 fully saturated rings. The number of aromatic nitrogens is 6.